The van der Waals surface area contributed by atoms with Crippen LogP contribution in [0.4, 0.5) is 0 Å². The van der Waals surface area contributed by atoms with E-state index < -0.39 is 0 Å². The molecule has 1 aromatic rings. The van der Waals surface area contributed by atoms with Crippen LogP contribution in [0.2, 0.25) is 0 Å². The van der Waals surface area contributed by atoms with Crippen LogP contribution in [0.3, 0.4) is 0 Å². The van der Waals surface area contributed by atoms with Gasteiger partial charge in [-0.1, -0.05) is 30.3 Å². The molecule has 1 rings (SSSR count). The van der Waals surface area contributed by atoms with Gasteiger partial charge >= 0.3 is 0 Å². The van der Waals surface area contributed by atoms with Crippen molar-refractivity contribution in [3.8, 4) is 0 Å². The lowest BCUT2D eigenvalue weighted by molar-refractivity contribution is 1.000. The van der Waals surface area contributed by atoms with Crippen LogP contribution in [0.25, 0.3) is 0 Å². The Hall–Kier alpha value is -0.780. The van der Waals surface area contributed by atoms with E-state index in [9.17, 15) is 0 Å². The highest BCUT2D eigenvalue weighted by Crippen LogP contribution is 2.00. The quantitative estimate of drug-likeness (QED) is 0.559. The molecule has 0 nitrogen and oxygen atoms in total. The summed E-state index contributed by atoms with van der Waals surface area (Å²) in [6, 6.07) is 10.3. The third kappa shape index (κ3) is 1.88. The predicted molar refractivity (Wildman–Crippen MR) is 39.1 cm³/mol. The maximum Gasteiger partial charge on any atom is -0.0276 e. The first-order valence-corrected chi connectivity index (χ1v) is 3.17. The molecule has 0 saturated carbocycles. The van der Waals surface area contributed by atoms with Crippen molar-refractivity contribution in [2.75, 3.05) is 0 Å². The summed E-state index contributed by atoms with van der Waals surface area (Å²) in [5.41, 5.74) is 1.32. The van der Waals surface area contributed by atoms with Gasteiger partial charge in [-0.2, -0.15) is 0 Å². The Balaban J connectivity index is 2.61. The first kappa shape index (κ1) is 6.34. The van der Waals surface area contributed by atoms with E-state index in [1.807, 2.05) is 18.2 Å². The van der Waals surface area contributed by atoms with Crippen LogP contribution in [0.5, 0.6) is 0 Å². The molecule has 0 heterocycles. The summed E-state index contributed by atoms with van der Waals surface area (Å²) in [6.45, 7) is 5.36. The molecular weight excluding hydrogens is 108 g/mol. The lowest BCUT2D eigenvalue weighted by atomic mass is 10.1. The van der Waals surface area contributed by atoms with Crippen molar-refractivity contribution >= 4 is 0 Å². The molecule has 0 amide bonds. The molecule has 9 heavy (non-hydrogen) atoms. The Labute approximate surface area is 56.5 Å². The smallest absolute Gasteiger partial charge is 0.0276 e. The highest BCUT2D eigenvalue weighted by Gasteiger charge is 1.84. The summed E-state index contributed by atoms with van der Waals surface area (Å²) in [4.78, 5) is 0. The number of benzene rings is 1. The summed E-state index contributed by atoms with van der Waals surface area (Å²) in [5.74, 6) is 0. The Kier molecular flexibility index (Phi) is 2.32. The van der Waals surface area contributed by atoms with Crippen molar-refractivity contribution in [3.63, 3.8) is 0 Å². The maximum atomic E-state index is 5.36. The molecule has 0 aliphatic rings. The Morgan fingerprint density at radius 3 is 2.33 bits per heavy atom. The minimum atomic E-state index is 0.740. The third-order valence-electron chi connectivity index (χ3n) is 1.28. The summed E-state index contributed by atoms with van der Waals surface area (Å²) in [7, 11) is 0. The normalized spacial score (nSPS) is 9.44. The lowest BCUT2D eigenvalue weighted by Gasteiger charge is -1.93. The number of hydrogen-bond acceptors (Lipinski definition) is 0. The molecule has 0 N–H and O–H groups in total. The molecule has 0 aromatic heterocycles. The van der Waals surface area contributed by atoms with Crippen molar-refractivity contribution in [2.24, 2.45) is 0 Å². The van der Waals surface area contributed by atoms with E-state index in [1.165, 1.54) is 5.56 Å². The van der Waals surface area contributed by atoms with Crippen molar-refractivity contribution in [1.82, 2.24) is 0 Å². The van der Waals surface area contributed by atoms with E-state index in [1.54, 1.807) is 0 Å². The second-order valence-corrected chi connectivity index (χ2v) is 2.02. The van der Waals surface area contributed by atoms with E-state index in [-0.39, 0.29) is 0 Å². The lowest BCUT2D eigenvalue weighted by Crippen LogP contribution is -1.79. The first-order valence-electron chi connectivity index (χ1n) is 3.17. The highest BCUT2D eigenvalue weighted by molar-refractivity contribution is 5.14. The molecule has 2 radical (unpaired) electrons. The highest BCUT2D eigenvalue weighted by atomic mass is 13.9. The van der Waals surface area contributed by atoms with Crippen LogP contribution in [-0.2, 0) is 6.42 Å². The van der Waals surface area contributed by atoms with Crippen molar-refractivity contribution in [2.45, 2.75) is 12.8 Å². The van der Waals surface area contributed by atoms with E-state index in [4.69, 9.17) is 6.92 Å². The summed E-state index contributed by atoms with van der Waals surface area (Å²) in [6.07, 6.45) is 1.73. The van der Waals surface area contributed by atoms with E-state index in [0.717, 1.165) is 12.8 Å². The molecular formula is C9H10. The standard InChI is InChI=1S/C9H10/c1-2-6-9-7-4-3-5-8-9/h1,3-5,7-8H,2,6H2. The van der Waals surface area contributed by atoms with Crippen LogP contribution >= 0.6 is 0 Å². The maximum absolute atomic E-state index is 5.36. The van der Waals surface area contributed by atoms with Gasteiger partial charge in [-0.25, -0.2) is 0 Å². The molecule has 0 heteroatoms. The SMILES string of the molecule is [CH]CCc1ccccc1. The van der Waals surface area contributed by atoms with Gasteiger partial charge in [-0.15, -0.1) is 0 Å². The Bertz CT molecular complexity index is 153. The Morgan fingerprint density at radius 1 is 1.11 bits per heavy atom. The molecule has 0 unspecified atom stereocenters. The van der Waals surface area contributed by atoms with Crippen LogP contribution in [0.1, 0.15) is 12.0 Å². The van der Waals surface area contributed by atoms with Gasteiger partial charge in [0.1, 0.15) is 0 Å². The van der Waals surface area contributed by atoms with E-state index in [0.29, 0.717) is 0 Å². The van der Waals surface area contributed by atoms with Gasteiger partial charge in [0, 0.05) is 0 Å². The summed E-state index contributed by atoms with van der Waals surface area (Å²) < 4.78 is 0. The average molecular weight is 118 g/mol. The number of hydrogen-bond donors (Lipinski definition) is 0. The van der Waals surface area contributed by atoms with Crippen molar-refractivity contribution in [3.05, 3.63) is 42.8 Å². The minimum Gasteiger partial charge on any atom is -0.0622 e. The zero-order valence-electron chi connectivity index (χ0n) is 5.38. The Morgan fingerprint density at radius 2 is 1.78 bits per heavy atom. The van der Waals surface area contributed by atoms with Crippen molar-refractivity contribution in [1.29, 1.82) is 0 Å². The van der Waals surface area contributed by atoms with Gasteiger partial charge in [-0.05, 0) is 25.3 Å². The average Bonchev–Trinajstić information content (AvgIpc) is 1.91. The van der Waals surface area contributed by atoms with Crippen LogP contribution in [0.15, 0.2) is 30.3 Å². The minimum absolute atomic E-state index is 0.740. The third-order valence-corrected chi connectivity index (χ3v) is 1.28. The fourth-order valence-electron chi connectivity index (χ4n) is 0.811. The monoisotopic (exact) mass is 118 g/mol. The second kappa shape index (κ2) is 3.29. The zero-order valence-corrected chi connectivity index (χ0v) is 5.38. The fourth-order valence-corrected chi connectivity index (χ4v) is 0.811. The molecule has 0 saturated heterocycles. The van der Waals surface area contributed by atoms with Gasteiger partial charge < -0.3 is 0 Å². The fraction of sp³-hybridized carbons (Fsp3) is 0.222. The van der Waals surface area contributed by atoms with Gasteiger partial charge in [0.25, 0.3) is 0 Å². The van der Waals surface area contributed by atoms with Crippen molar-refractivity contribution < 1.29 is 0 Å². The molecule has 0 aliphatic heterocycles. The predicted octanol–water partition coefficient (Wildman–Crippen LogP) is 2.33. The van der Waals surface area contributed by atoms with Crippen LogP contribution < -0.4 is 0 Å². The molecule has 1 aromatic carbocycles. The zero-order chi connectivity index (χ0) is 6.53. The first-order chi connectivity index (χ1) is 4.43. The van der Waals surface area contributed by atoms with Crippen LogP contribution in [0, 0.1) is 6.92 Å². The topological polar surface area (TPSA) is 0 Å². The van der Waals surface area contributed by atoms with Gasteiger partial charge in [-0.3, -0.25) is 0 Å². The number of rotatable bonds is 2. The molecule has 0 aliphatic carbocycles. The van der Waals surface area contributed by atoms with E-state index in [2.05, 4.69) is 12.1 Å². The van der Waals surface area contributed by atoms with Crippen LogP contribution in [-0.4, -0.2) is 0 Å². The molecule has 0 fully saturated rings. The van der Waals surface area contributed by atoms with E-state index >= 15 is 0 Å². The van der Waals surface area contributed by atoms with Gasteiger partial charge in [0.2, 0.25) is 0 Å². The molecule has 0 bridgehead atoms. The molecule has 46 valence electrons. The second-order valence-electron chi connectivity index (χ2n) is 2.02. The summed E-state index contributed by atoms with van der Waals surface area (Å²) >= 11 is 0. The summed E-state index contributed by atoms with van der Waals surface area (Å²) in [5, 5.41) is 0. The molecule has 0 atom stereocenters. The largest absolute Gasteiger partial charge is 0.0622 e. The molecule has 0 spiro atoms. The number of aryl methyl sites for hydroxylation is 1. The van der Waals surface area contributed by atoms with Gasteiger partial charge in [0.05, 0.1) is 0 Å². The van der Waals surface area contributed by atoms with Gasteiger partial charge in [0.15, 0.2) is 0 Å².